The van der Waals surface area contributed by atoms with Crippen LogP contribution in [-0.4, -0.2) is 19.0 Å². The first-order valence-corrected chi connectivity index (χ1v) is 8.58. The van der Waals surface area contributed by atoms with Gasteiger partial charge in [0.25, 0.3) is 0 Å². The molecule has 1 atom stereocenters. The summed E-state index contributed by atoms with van der Waals surface area (Å²) in [6, 6.07) is 15.9. The summed E-state index contributed by atoms with van der Waals surface area (Å²) in [5.74, 6) is 1.79. The molecule has 2 heterocycles. The Balaban J connectivity index is 1.82. The van der Waals surface area contributed by atoms with Crippen LogP contribution in [0.25, 0.3) is 0 Å². The van der Waals surface area contributed by atoms with Crippen molar-refractivity contribution in [2.45, 2.75) is 6.17 Å². The van der Waals surface area contributed by atoms with E-state index in [0.29, 0.717) is 17.4 Å². The molecule has 8 heteroatoms. The van der Waals surface area contributed by atoms with Gasteiger partial charge in [-0.2, -0.15) is 4.99 Å². The average molecular weight is 377 g/mol. The number of rotatable bonds is 4. The highest BCUT2D eigenvalue weighted by Crippen LogP contribution is 2.38. The first-order chi connectivity index (χ1) is 13.6. The zero-order valence-electron chi connectivity index (χ0n) is 15.1. The third kappa shape index (κ3) is 3.17. The monoisotopic (exact) mass is 377 g/mol. The predicted octanol–water partition coefficient (Wildman–Crippen LogP) is 3.33. The Kier molecular flexibility index (Phi) is 4.46. The standard InChI is InChI=1S/C20H19N5O3/c1-27-15-7-5-14(6-8-15)25-17(21)16-9-10-28-19(16)24-18(25)12-3-2-4-13(11-12)23-20(22)26/h2-11,17H,21H2,1H3,(H3,22,23,26). The Morgan fingerprint density at radius 2 is 2.00 bits per heavy atom. The summed E-state index contributed by atoms with van der Waals surface area (Å²) in [7, 11) is 1.61. The van der Waals surface area contributed by atoms with Crippen LogP contribution in [0.4, 0.5) is 22.1 Å². The average Bonchev–Trinajstić information content (AvgIpc) is 3.17. The largest absolute Gasteiger partial charge is 0.497 e. The summed E-state index contributed by atoms with van der Waals surface area (Å²) in [5.41, 5.74) is 14.7. The molecule has 0 saturated heterocycles. The second kappa shape index (κ2) is 7.09. The van der Waals surface area contributed by atoms with E-state index >= 15 is 0 Å². The Morgan fingerprint density at radius 3 is 2.71 bits per heavy atom. The number of methoxy groups -OCH3 is 1. The lowest BCUT2D eigenvalue weighted by Crippen LogP contribution is -2.42. The van der Waals surface area contributed by atoms with Crippen LogP contribution in [0, 0.1) is 0 Å². The molecule has 0 bridgehead atoms. The van der Waals surface area contributed by atoms with E-state index in [4.69, 9.17) is 20.6 Å². The maximum Gasteiger partial charge on any atom is 0.316 e. The van der Waals surface area contributed by atoms with Gasteiger partial charge < -0.3 is 30.8 Å². The molecule has 28 heavy (non-hydrogen) atoms. The van der Waals surface area contributed by atoms with Crippen molar-refractivity contribution in [3.8, 4) is 5.75 Å². The molecule has 1 aliphatic heterocycles. The number of carbonyl (C=O) groups is 1. The number of furan rings is 1. The number of hydrogen-bond acceptors (Lipinski definition) is 6. The van der Waals surface area contributed by atoms with Gasteiger partial charge in [0.2, 0.25) is 5.88 Å². The van der Waals surface area contributed by atoms with Crippen molar-refractivity contribution in [1.29, 1.82) is 0 Å². The van der Waals surface area contributed by atoms with E-state index in [0.717, 1.165) is 22.6 Å². The molecular weight excluding hydrogens is 358 g/mol. The summed E-state index contributed by atoms with van der Waals surface area (Å²) in [4.78, 5) is 17.8. The van der Waals surface area contributed by atoms with Crippen LogP contribution in [0.2, 0.25) is 0 Å². The highest BCUT2D eigenvalue weighted by Gasteiger charge is 2.31. The normalized spacial score (nSPS) is 15.6. The lowest BCUT2D eigenvalue weighted by atomic mass is 10.1. The number of ether oxygens (including phenoxy) is 1. The number of carbonyl (C=O) groups excluding carboxylic acids is 1. The Morgan fingerprint density at radius 1 is 1.21 bits per heavy atom. The van der Waals surface area contributed by atoms with Crippen molar-refractivity contribution < 1.29 is 13.9 Å². The number of nitrogens with one attached hydrogen (secondary N) is 1. The molecule has 3 aromatic rings. The van der Waals surface area contributed by atoms with Crippen LogP contribution in [0.3, 0.4) is 0 Å². The fourth-order valence-corrected chi connectivity index (χ4v) is 3.16. The number of nitrogens with two attached hydrogens (primary N) is 2. The molecule has 5 N–H and O–H groups in total. The molecule has 1 unspecified atom stereocenters. The maximum atomic E-state index is 11.2. The Hall–Kier alpha value is -3.78. The second-order valence-corrected chi connectivity index (χ2v) is 6.20. The molecule has 0 fully saturated rings. The molecule has 0 spiro atoms. The van der Waals surface area contributed by atoms with Crippen molar-refractivity contribution >= 4 is 29.1 Å². The fourth-order valence-electron chi connectivity index (χ4n) is 3.16. The third-order valence-corrected chi connectivity index (χ3v) is 4.45. The number of primary amides is 1. The van der Waals surface area contributed by atoms with E-state index in [1.807, 2.05) is 41.3 Å². The zero-order chi connectivity index (χ0) is 19.7. The van der Waals surface area contributed by atoms with Crippen molar-refractivity contribution in [3.05, 3.63) is 72.0 Å². The minimum absolute atomic E-state index is 0.459. The number of aliphatic imine (C=N–C) groups is 1. The predicted molar refractivity (Wildman–Crippen MR) is 107 cm³/mol. The molecule has 0 saturated carbocycles. The Labute approximate surface area is 161 Å². The summed E-state index contributed by atoms with van der Waals surface area (Å²) in [6.45, 7) is 0. The number of hydrogen-bond donors (Lipinski definition) is 3. The van der Waals surface area contributed by atoms with Crippen molar-refractivity contribution in [1.82, 2.24) is 0 Å². The van der Waals surface area contributed by atoms with Gasteiger partial charge in [-0.15, -0.1) is 0 Å². The van der Waals surface area contributed by atoms with Crippen LogP contribution in [0.15, 0.2) is 70.3 Å². The summed E-state index contributed by atoms with van der Waals surface area (Å²) >= 11 is 0. The molecule has 0 aliphatic carbocycles. The number of urea groups is 1. The van der Waals surface area contributed by atoms with E-state index < -0.39 is 12.2 Å². The highest BCUT2D eigenvalue weighted by atomic mass is 16.5. The molecule has 8 nitrogen and oxygen atoms in total. The van der Waals surface area contributed by atoms with Crippen LogP contribution in [0.1, 0.15) is 17.3 Å². The minimum atomic E-state index is -0.639. The SMILES string of the molecule is COc1ccc(N2C(c3cccc(NC(N)=O)c3)=Nc3occc3C2N)cc1. The van der Waals surface area contributed by atoms with E-state index in [-0.39, 0.29) is 0 Å². The first-order valence-electron chi connectivity index (χ1n) is 8.58. The van der Waals surface area contributed by atoms with E-state index in [1.165, 1.54) is 0 Å². The van der Waals surface area contributed by atoms with Crippen molar-refractivity contribution in [3.63, 3.8) is 0 Å². The Bertz CT molecular complexity index is 1040. The van der Waals surface area contributed by atoms with Crippen LogP contribution >= 0.6 is 0 Å². The van der Waals surface area contributed by atoms with E-state index in [2.05, 4.69) is 10.3 Å². The highest BCUT2D eigenvalue weighted by molar-refractivity contribution is 6.13. The first kappa shape index (κ1) is 17.6. The van der Waals surface area contributed by atoms with E-state index in [9.17, 15) is 4.79 Å². The molecule has 2 aromatic carbocycles. The topological polar surface area (TPSA) is 119 Å². The zero-order valence-corrected chi connectivity index (χ0v) is 15.1. The van der Waals surface area contributed by atoms with Crippen LogP contribution < -0.4 is 26.4 Å². The molecule has 2 amide bonds. The van der Waals surface area contributed by atoms with Gasteiger partial charge in [-0.3, -0.25) is 0 Å². The molecule has 0 radical (unpaired) electrons. The quantitative estimate of drug-likeness (QED) is 0.644. The van der Waals surface area contributed by atoms with Gasteiger partial charge in [-0.1, -0.05) is 12.1 Å². The summed E-state index contributed by atoms with van der Waals surface area (Å²) < 4.78 is 10.7. The number of benzene rings is 2. The number of nitrogens with zero attached hydrogens (tertiary/aromatic N) is 2. The van der Waals surface area contributed by atoms with Crippen molar-refractivity contribution in [2.24, 2.45) is 16.5 Å². The van der Waals surface area contributed by atoms with Gasteiger partial charge in [0.15, 0.2) is 0 Å². The molecular formula is C20H19N5O3. The number of fused-ring (bicyclic) bond motifs is 1. The van der Waals surface area contributed by atoms with Gasteiger partial charge in [0, 0.05) is 16.9 Å². The second-order valence-electron chi connectivity index (χ2n) is 6.20. The smallest absolute Gasteiger partial charge is 0.316 e. The lowest BCUT2D eigenvalue weighted by molar-refractivity contribution is 0.259. The van der Waals surface area contributed by atoms with Gasteiger partial charge in [0.05, 0.1) is 18.9 Å². The summed E-state index contributed by atoms with van der Waals surface area (Å²) in [6.07, 6.45) is 1.07. The van der Waals surface area contributed by atoms with Gasteiger partial charge in [-0.25, -0.2) is 4.79 Å². The van der Waals surface area contributed by atoms with E-state index in [1.54, 1.807) is 31.6 Å². The van der Waals surface area contributed by atoms with Crippen molar-refractivity contribution in [2.75, 3.05) is 17.3 Å². The van der Waals surface area contributed by atoms with Gasteiger partial charge >= 0.3 is 6.03 Å². The third-order valence-electron chi connectivity index (χ3n) is 4.45. The van der Waals surface area contributed by atoms with Gasteiger partial charge in [0.1, 0.15) is 17.8 Å². The molecule has 1 aromatic heterocycles. The summed E-state index contributed by atoms with van der Waals surface area (Å²) in [5, 5.41) is 2.57. The lowest BCUT2D eigenvalue weighted by Gasteiger charge is -2.34. The molecule has 4 rings (SSSR count). The van der Waals surface area contributed by atoms with Crippen LogP contribution in [-0.2, 0) is 0 Å². The number of anilines is 2. The maximum absolute atomic E-state index is 11.2. The number of amidine groups is 1. The molecule has 142 valence electrons. The van der Waals surface area contributed by atoms with Crippen LogP contribution in [0.5, 0.6) is 5.75 Å². The number of amides is 2. The van der Waals surface area contributed by atoms with Gasteiger partial charge in [-0.05, 0) is 42.5 Å². The minimum Gasteiger partial charge on any atom is -0.497 e. The fraction of sp³-hybridized carbons (Fsp3) is 0.100. The molecule has 1 aliphatic rings.